The number of carbonyl (C=O) groups excluding carboxylic acids is 1. The van der Waals surface area contributed by atoms with Gasteiger partial charge < -0.3 is 9.64 Å². The predicted molar refractivity (Wildman–Crippen MR) is 92.3 cm³/mol. The molecule has 0 N–H and O–H groups in total. The SMILES string of the molecule is CC1(C)COC(Cc2ccccc2)CN1C(=O)C1CCCCC1. The molecule has 1 unspecified atom stereocenters. The molecule has 3 nitrogen and oxygen atoms in total. The largest absolute Gasteiger partial charge is 0.374 e. The van der Waals surface area contributed by atoms with E-state index < -0.39 is 0 Å². The Hall–Kier alpha value is -1.35. The van der Waals surface area contributed by atoms with Crippen LogP contribution in [0.25, 0.3) is 0 Å². The first-order valence-electron chi connectivity index (χ1n) is 9.03. The Morgan fingerprint density at radius 3 is 2.57 bits per heavy atom. The Morgan fingerprint density at radius 1 is 1.17 bits per heavy atom. The third kappa shape index (κ3) is 3.95. The van der Waals surface area contributed by atoms with E-state index in [2.05, 4.69) is 43.0 Å². The molecule has 0 bridgehead atoms. The minimum Gasteiger partial charge on any atom is -0.374 e. The third-order valence-corrected chi connectivity index (χ3v) is 5.32. The van der Waals surface area contributed by atoms with Gasteiger partial charge in [0.15, 0.2) is 0 Å². The Bertz CT molecular complexity index is 520. The quantitative estimate of drug-likeness (QED) is 0.849. The molecule has 2 aliphatic rings. The van der Waals surface area contributed by atoms with Crippen molar-refractivity contribution in [1.82, 2.24) is 4.90 Å². The van der Waals surface area contributed by atoms with Gasteiger partial charge in [0.25, 0.3) is 0 Å². The van der Waals surface area contributed by atoms with Gasteiger partial charge in [-0.05, 0) is 32.3 Å². The van der Waals surface area contributed by atoms with Crippen LogP contribution in [0.15, 0.2) is 30.3 Å². The van der Waals surface area contributed by atoms with E-state index in [-0.39, 0.29) is 17.6 Å². The molecule has 1 saturated heterocycles. The second-order valence-electron chi connectivity index (χ2n) is 7.72. The molecule has 1 amide bonds. The molecule has 1 heterocycles. The number of hydrogen-bond acceptors (Lipinski definition) is 2. The van der Waals surface area contributed by atoms with Crippen molar-refractivity contribution in [2.24, 2.45) is 5.92 Å². The molecule has 3 heteroatoms. The van der Waals surface area contributed by atoms with Gasteiger partial charge >= 0.3 is 0 Å². The molecule has 1 aromatic carbocycles. The van der Waals surface area contributed by atoms with E-state index >= 15 is 0 Å². The molecule has 1 aromatic rings. The minimum absolute atomic E-state index is 0.109. The lowest BCUT2D eigenvalue weighted by molar-refractivity contribution is -0.159. The van der Waals surface area contributed by atoms with Crippen molar-refractivity contribution < 1.29 is 9.53 Å². The van der Waals surface area contributed by atoms with Gasteiger partial charge in [-0.1, -0.05) is 49.6 Å². The Morgan fingerprint density at radius 2 is 1.87 bits per heavy atom. The van der Waals surface area contributed by atoms with Gasteiger partial charge in [0, 0.05) is 18.9 Å². The zero-order valence-corrected chi connectivity index (χ0v) is 14.5. The van der Waals surface area contributed by atoms with E-state index in [1.807, 2.05) is 6.07 Å². The van der Waals surface area contributed by atoms with Crippen LogP contribution in [0, 0.1) is 5.92 Å². The van der Waals surface area contributed by atoms with Gasteiger partial charge in [0.2, 0.25) is 5.91 Å². The normalized spacial score (nSPS) is 25.3. The molecule has 1 saturated carbocycles. The number of hydrogen-bond donors (Lipinski definition) is 0. The molecule has 0 aromatic heterocycles. The molecule has 1 aliphatic heterocycles. The maximum atomic E-state index is 13.0. The fourth-order valence-electron chi connectivity index (χ4n) is 3.86. The van der Waals surface area contributed by atoms with Crippen LogP contribution in [0.4, 0.5) is 0 Å². The Kier molecular flexibility index (Phi) is 5.05. The van der Waals surface area contributed by atoms with Crippen LogP contribution in [-0.2, 0) is 16.0 Å². The van der Waals surface area contributed by atoms with Crippen LogP contribution in [0.1, 0.15) is 51.5 Å². The van der Waals surface area contributed by atoms with Gasteiger partial charge in [0.05, 0.1) is 18.2 Å². The van der Waals surface area contributed by atoms with Crippen LogP contribution in [0.2, 0.25) is 0 Å². The van der Waals surface area contributed by atoms with Crippen molar-refractivity contribution in [3.05, 3.63) is 35.9 Å². The van der Waals surface area contributed by atoms with Gasteiger partial charge in [-0.25, -0.2) is 0 Å². The monoisotopic (exact) mass is 315 g/mol. The summed E-state index contributed by atoms with van der Waals surface area (Å²) in [6.07, 6.45) is 6.81. The second-order valence-corrected chi connectivity index (χ2v) is 7.72. The third-order valence-electron chi connectivity index (χ3n) is 5.32. The van der Waals surface area contributed by atoms with E-state index in [4.69, 9.17) is 4.74 Å². The highest BCUT2D eigenvalue weighted by Gasteiger charge is 2.40. The standard InChI is InChI=1S/C20H29NO2/c1-20(2)15-23-18(13-16-9-5-3-6-10-16)14-21(20)19(22)17-11-7-4-8-12-17/h3,5-6,9-10,17-18H,4,7-8,11-15H2,1-2H3. The summed E-state index contributed by atoms with van der Waals surface area (Å²) in [6.45, 7) is 5.61. The van der Waals surface area contributed by atoms with Crippen molar-refractivity contribution >= 4 is 5.91 Å². The van der Waals surface area contributed by atoms with E-state index in [1.54, 1.807) is 0 Å². The van der Waals surface area contributed by atoms with Gasteiger partial charge in [-0.2, -0.15) is 0 Å². The number of amides is 1. The summed E-state index contributed by atoms with van der Waals surface area (Å²) in [4.78, 5) is 15.1. The number of nitrogens with zero attached hydrogens (tertiary/aromatic N) is 1. The van der Waals surface area contributed by atoms with E-state index in [9.17, 15) is 4.79 Å². The van der Waals surface area contributed by atoms with Gasteiger partial charge in [0.1, 0.15) is 0 Å². The number of benzene rings is 1. The first kappa shape index (κ1) is 16.5. The van der Waals surface area contributed by atoms with Crippen molar-refractivity contribution in [1.29, 1.82) is 0 Å². The van der Waals surface area contributed by atoms with E-state index in [1.165, 1.54) is 24.8 Å². The summed E-state index contributed by atoms with van der Waals surface area (Å²) in [5.41, 5.74) is 1.09. The molecular weight excluding hydrogens is 286 g/mol. The zero-order valence-electron chi connectivity index (χ0n) is 14.5. The molecule has 126 valence electrons. The smallest absolute Gasteiger partial charge is 0.226 e. The van der Waals surface area contributed by atoms with Crippen molar-refractivity contribution in [2.45, 2.75) is 64.0 Å². The average molecular weight is 315 g/mol. The Balaban J connectivity index is 1.67. The summed E-state index contributed by atoms with van der Waals surface area (Å²) in [7, 11) is 0. The van der Waals surface area contributed by atoms with E-state index in [0.717, 1.165) is 25.8 Å². The topological polar surface area (TPSA) is 29.5 Å². The van der Waals surface area contributed by atoms with Crippen LogP contribution < -0.4 is 0 Å². The molecule has 1 aliphatic carbocycles. The average Bonchev–Trinajstić information content (AvgIpc) is 2.57. The minimum atomic E-state index is -0.193. The van der Waals surface area contributed by atoms with Crippen molar-refractivity contribution in [3.8, 4) is 0 Å². The van der Waals surface area contributed by atoms with Crippen molar-refractivity contribution in [2.75, 3.05) is 13.2 Å². The lowest BCUT2D eigenvalue weighted by atomic mass is 9.86. The number of rotatable bonds is 3. The Labute approximate surface area is 140 Å². The summed E-state index contributed by atoms with van der Waals surface area (Å²) >= 11 is 0. The molecule has 0 spiro atoms. The molecule has 1 atom stereocenters. The second kappa shape index (κ2) is 7.04. The van der Waals surface area contributed by atoms with Crippen LogP contribution in [0.5, 0.6) is 0 Å². The highest BCUT2D eigenvalue weighted by Crippen LogP contribution is 2.31. The maximum Gasteiger partial charge on any atom is 0.226 e. The predicted octanol–water partition coefficient (Wildman–Crippen LogP) is 3.82. The fraction of sp³-hybridized carbons (Fsp3) is 0.650. The lowest BCUT2D eigenvalue weighted by Gasteiger charge is -2.47. The fourth-order valence-corrected chi connectivity index (χ4v) is 3.86. The van der Waals surface area contributed by atoms with Crippen LogP contribution in [0.3, 0.4) is 0 Å². The first-order chi connectivity index (χ1) is 11.1. The molecule has 3 rings (SSSR count). The summed E-state index contributed by atoms with van der Waals surface area (Å²) in [6, 6.07) is 10.4. The lowest BCUT2D eigenvalue weighted by Crippen LogP contribution is -2.60. The van der Waals surface area contributed by atoms with Crippen molar-refractivity contribution in [3.63, 3.8) is 0 Å². The molecule has 0 radical (unpaired) electrons. The van der Waals surface area contributed by atoms with Crippen LogP contribution in [-0.4, -0.2) is 35.6 Å². The van der Waals surface area contributed by atoms with Gasteiger partial charge in [-0.15, -0.1) is 0 Å². The van der Waals surface area contributed by atoms with Gasteiger partial charge in [-0.3, -0.25) is 4.79 Å². The summed E-state index contributed by atoms with van der Waals surface area (Å²) in [5, 5.41) is 0. The van der Waals surface area contributed by atoms with Crippen LogP contribution >= 0.6 is 0 Å². The number of morpholine rings is 1. The highest BCUT2D eigenvalue weighted by molar-refractivity contribution is 5.79. The number of carbonyl (C=O) groups is 1. The molecular formula is C20H29NO2. The van der Waals surface area contributed by atoms with E-state index in [0.29, 0.717) is 12.5 Å². The summed E-state index contributed by atoms with van der Waals surface area (Å²) < 4.78 is 6.07. The number of ether oxygens (including phenoxy) is 1. The molecule has 2 fully saturated rings. The molecule has 23 heavy (non-hydrogen) atoms. The maximum absolute atomic E-state index is 13.0. The summed E-state index contributed by atoms with van der Waals surface area (Å²) in [5.74, 6) is 0.592. The first-order valence-corrected chi connectivity index (χ1v) is 9.03. The zero-order chi connectivity index (χ0) is 16.3. The highest BCUT2D eigenvalue weighted by atomic mass is 16.5.